The van der Waals surface area contributed by atoms with Gasteiger partial charge in [-0.1, -0.05) is 30.3 Å². The fourth-order valence-corrected chi connectivity index (χ4v) is 1.14. The zero-order chi connectivity index (χ0) is 9.10. The summed E-state index contributed by atoms with van der Waals surface area (Å²) in [6.45, 7) is 0. The van der Waals surface area contributed by atoms with Gasteiger partial charge < -0.3 is 5.73 Å². The monoisotopic (exact) mass is 207 g/mol. The Labute approximate surface area is 88.4 Å². The van der Waals surface area contributed by atoms with Gasteiger partial charge in [0.1, 0.15) is 0 Å². The third-order valence-corrected chi connectivity index (χ3v) is 1.74. The second-order valence-corrected chi connectivity index (χ2v) is 2.67. The Balaban J connectivity index is 0.000000980. The molecule has 14 heavy (non-hydrogen) atoms. The number of nitrogens with zero attached hydrogens (tertiary/aromatic N) is 2. The van der Waals surface area contributed by atoms with Gasteiger partial charge in [0.05, 0.1) is 5.69 Å². The first kappa shape index (κ1) is 10.5. The summed E-state index contributed by atoms with van der Waals surface area (Å²) in [6.07, 6.45) is 1.66. The van der Waals surface area contributed by atoms with E-state index in [9.17, 15) is 0 Å². The second kappa shape index (κ2) is 4.58. The van der Waals surface area contributed by atoms with Gasteiger partial charge in [-0.3, -0.25) is 0 Å². The molecule has 0 aliphatic rings. The molecule has 0 radical (unpaired) electrons. The topological polar surface area (TPSA) is 51.8 Å². The molecule has 0 aliphatic carbocycles. The highest BCUT2D eigenvalue weighted by Crippen LogP contribution is 2.15. The van der Waals surface area contributed by atoms with Crippen molar-refractivity contribution in [3.05, 3.63) is 42.6 Å². The van der Waals surface area contributed by atoms with Gasteiger partial charge in [-0.25, -0.2) is 9.97 Å². The molecule has 0 atom stereocenters. The van der Waals surface area contributed by atoms with Crippen molar-refractivity contribution < 1.29 is 0 Å². The lowest BCUT2D eigenvalue weighted by molar-refractivity contribution is 1.19. The lowest BCUT2D eigenvalue weighted by Crippen LogP contribution is -1.94. The van der Waals surface area contributed by atoms with E-state index in [1.165, 1.54) is 0 Å². The summed E-state index contributed by atoms with van der Waals surface area (Å²) in [6, 6.07) is 11.7. The molecule has 1 aromatic heterocycles. The highest BCUT2D eigenvalue weighted by atomic mass is 35.5. The van der Waals surface area contributed by atoms with Crippen LogP contribution in [0.3, 0.4) is 0 Å². The van der Waals surface area contributed by atoms with E-state index in [1.807, 2.05) is 36.4 Å². The van der Waals surface area contributed by atoms with Crippen LogP contribution in [0.15, 0.2) is 42.6 Å². The van der Waals surface area contributed by atoms with Crippen molar-refractivity contribution in [3.63, 3.8) is 0 Å². The summed E-state index contributed by atoms with van der Waals surface area (Å²) >= 11 is 0. The number of halogens is 1. The molecular formula is C10H10ClN3. The first-order valence-electron chi connectivity index (χ1n) is 4.00. The van der Waals surface area contributed by atoms with E-state index in [-0.39, 0.29) is 12.4 Å². The molecule has 0 saturated carbocycles. The van der Waals surface area contributed by atoms with Crippen LogP contribution < -0.4 is 5.73 Å². The van der Waals surface area contributed by atoms with E-state index in [4.69, 9.17) is 5.73 Å². The van der Waals surface area contributed by atoms with Gasteiger partial charge in [-0.05, 0) is 6.07 Å². The standard InChI is InChI=1S/C10H9N3.ClH/c11-10-12-7-6-9(13-10)8-4-2-1-3-5-8;/h1-7H,(H2,11,12,13);1H. The Morgan fingerprint density at radius 1 is 1.00 bits per heavy atom. The molecule has 0 saturated heterocycles. The largest absolute Gasteiger partial charge is 0.368 e. The molecule has 0 spiro atoms. The van der Waals surface area contributed by atoms with E-state index in [0.717, 1.165) is 11.3 Å². The van der Waals surface area contributed by atoms with Crippen molar-refractivity contribution in [1.29, 1.82) is 0 Å². The summed E-state index contributed by atoms with van der Waals surface area (Å²) in [7, 11) is 0. The van der Waals surface area contributed by atoms with E-state index in [2.05, 4.69) is 9.97 Å². The average molecular weight is 208 g/mol. The minimum atomic E-state index is 0. The van der Waals surface area contributed by atoms with Gasteiger partial charge in [-0.15, -0.1) is 12.4 Å². The maximum atomic E-state index is 5.47. The van der Waals surface area contributed by atoms with E-state index in [0.29, 0.717) is 5.95 Å². The molecule has 0 fully saturated rings. The zero-order valence-corrected chi connectivity index (χ0v) is 8.24. The van der Waals surface area contributed by atoms with Gasteiger partial charge in [0.2, 0.25) is 5.95 Å². The average Bonchev–Trinajstić information content (AvgIpc) is 2.19. The molecule has 4 heteroatoms. The Morgan fingerprint density at radius 3 is 2.36 bits per heavy atom. The van der Waals surface area contributed by atoms with Crippen molar-refractivity contribution in [2.24, 2.45) is 0 Å². The summed E-state index contributed by atoms with van der Waals surface area (Å²) in [5, 5.41) is 0. The molecule has 0 aliphatic heterocycles. The van der Waals surface area contributed by atoms with Crippen LogP contribution in [-0.4, -0.2) is 9.97 Å². The van der Waals surface area contributed by atoms with Crippen LogP contribution in [0.5, 0.6) is 0 Å². The highest BCUT2D eigenvalue weighted by Gasteiger charge is 1.97. The van der Waals surface area contributed by atoms with Crippen LogP contribution in [0.1, 0.15) is 0 Å². The number of anilines is 1. The fourth-order valence-electron chi connectivity index (χ4n) is 1.14. The van der Waals surface area contributed by atoms with E-state index in [1.54, 1.807) is 6.20 Å². The molecule has 1 aromatic carbocycles. The summed E-state index contributed by atoms with van der Waals surface area (Å²) in [5.74, 6) is 0.307. The predicted octanol–water partition coefficient (Wildman–Crippen LogP) is 2.15. The third-order valence-electron chi connectivity index (χ3n) is 1.74. The molecule has 0 bridgehead atoms. The van der Waals surface area contributed by atoms with Gasteiger partial charge in [0, 0.05) is 11.8 Å². The molecule has 2 rings (SSSR count). The molecule has 2 aromatic rings. The van der Waals surface area contributed by atoms with Crippen molar-refractivity contribution in [2.75, 3.05) is 5.73 Å². The molecular weight excluding hydrogens is 198 g/mol. The number of benzene rings is 1. The van der Waals surface area contributed by atoms with E-state index < -0.39 is 0 Å². The molecule has 3 nitrogen and oxygen atoms in total. The van der Waals surface area contributed by atoms with Gasteiger partial charge >= 0.3 is 0 Å². The minimum absolute atomic E-state index is 0. The van der Waals surface area contributed by atoms with Crippen molar-refractivity contribution in [1.82, 2.24) is 9.97 Å². The summed E-state index contributed by atoms with van der Waals surface area (Å²) < 4.78 is 0. The number of rotatable bonds is 1. The SMILES string of the molecule is Cl.Nc1nccc(-c2ccccc2)n1. The first-order chi connectivity index (χ1) is 6.36. The maximum absolute atomic E-state index is 5.47. The van der Waals surface area contributed by atoms with Crippen LogP contribution in [0.2, 0.25) is 0 Å². The molecule has 1 heterocycles. The fraction of sp³-hybridized carbons (Fsp3) is 0. The lowest BCUT2D eigenvalue weighted by atomic mass is 10.1. The normalized spacial score (nSPS) is 9.14. The van der Waals surface area contributed by atoms with Crippen LogP contribution >= 0.6 is 12.4 Å². The van der Waals surface area contributed by atoms with Crippen molar-refractivity contribution >= 4 is 18.4 Å². The second-order valence-electron chi connectivity index (χ2n) is 2.67. The van der Waals surface area contributed by atoms with Gasteiger partial charge in [0.15, 0.2) is 0 Å². The maximum Gasteiger partial charge on any atom is 0.220 e. The smallest absolute Gasteiger partial charge is 0.220 e. The Bertz CT molecular complexity index is 403. The Kier molecular flexibility index (Phi) is 3.42. The lowest BCUT2D eigenvalue weighted by Gasteiger charge is -1.99. The zero-order valence-electron chi connectivity index (χ0n) is 7.42. The number of aromatic nitrogens is 2. The molecule has 72 valence electrons. The highest BCUT2D eigenvalue weighted by molar-refractivity contribution is 5.85. The minimum Gasteiger partial charge on any atom is -0.368 e. The molecule has 2 N–H and O–H groups in total. The predicted molar refractivity (Wildman–Crippen MR) is 59.1 cm³/mol. The number of nitrogens with two attached hydrogens (primary N) is 1. The van der Waals surface area contributed by atoms with Crippen molar-refractivity contribution in [3.8, 4) is 11.3 Å². The third kappa shape index (κ3) is 2.20. The quantitative estimate of drug-likeness (QED) is 0.780. The van der Waals surface area contributed by atoms with E-state index >= 15 is 0 Å². The number of hydrogen-bond donors (Lipinski definition) is 1. The van der Waals surface area contributed by atoms with Crippen LogP contribution in [0.4, 0.5) is 5.95 Å². The Morgan fingerprint density at radius 2 is 1.71 bits per heavy atom. The first-order valence-corrected chi connectivity index (χ1v) is 4.00. The Hall–Kier alpha value is -1.61. The van der Waals surface area contributed by atoms with Crippen LogP contribution in [0.25, 0.3) is 11.3 Å². The van der Waals surface area contributed by atoms with Crippen LogP contribution in [-0.2, 0) is 0 Å². The summed E-state index contributed by atoms with van der Waals surface area (Å²) in [5.41, 5.74) is 7.38. The summed E-state index contributed by atoms with van der Waals surface area (Å²) in [4.78, 5) is 7.94. The van der Waals surface area contributed by atoms with Gasteiger partial charge in [-0.2, -0.15) is 0 Å². The van der Waals surface area contributed by atoms with Crippen molar-refractivity contribution in [2.45, 2.75) is 0 Å². The molecule has 0 unspecified atom stereocenters. The number of hydrogen-bond acceptors (Lipinski definition) is 3. The van der Waals surface area contributed by atoms with Crippen LogP contribution in [0, 0.1) is 0 Å². The van der Waals surface area contributed by atoms with Gasteiger partial charge in [0.25, 0.3) is 0 Å². The number of nitrogen functional groups attached to an aromatic ring is 1. The molecule has 0 amide bonds.